The molecule has 0 spiro atoms. The molecule has 0 aliphatic carbocycles. The normalized spacial score (nSPS) is 10.5. The lowest BCUT2D eigenvalue weighted by atomic mass is 10.3. The topological polar surface area (TPSA) is 107 Å². The smallest absolute Gasteiger partial charge is 0.270 e. The number of nitrogens with one attached hydrogen (secondary N) is 1. The molecule has 1 amide bonds. The average molecular weight is 267 g/mol. The summed E-state index contributed by atoms with van der Waals surface area (Å²) in [5.41, 5.74) is 5.85. The van der Waals surface area contributed by atoms with Crippen LogP contribution in [0.1, 0.15) is 21.3 Å². The predicted molar refractivity (Wildman–Crippen MR) is 65.2 cm³/mol. The van der Waals surface area contributed by atoms with Gasteiger partial charge in [0.05, 0.1) is 5.01 Å². The van der Waals surface area contributed by atoms with Gasteiger partial charge in [-0.25, -0.2) is 4.98 Å². The van der Waals surface area contributed by atoms with Crippen LogP contribution in [0.4, 0.5) is 0 Å². The lowest BCUT2D eigenvalue weighted by Crippen LogP contribution is -2.26. The third-order valence-electron chi connectivity index (χ3n) is 2.18. The summed E-state index contributed by atoms with van der Waals surface area (Å²) in [7, 11) is 0. The first kappa shape index (κ1) is 12.7. The molecule has 2 aromatic rings. The second-order valence-corrected chi connectivity index (χ2v) is 4.46. The van der Waals surface area contributed by atoms with Crippen molar-refractivity contribution in [3.8, 4) is 0 Å². The Hall–Kier alpha value is -1.80. The van der Waals surface area contributed by atoms with E-state index in [4.69, 9.17) is 5.73 Å². The van der Waals surface area contributed by atoms with Crippen LogP contribution >= 0.6 is 11.3 Å². The fraction of sp³-hybridized carbons (Fsp3) is 0.400. The SMILES string of the molecule is NCCc1nc(C(=O)NCCc2ncon2)cs1. The molecule has 0 fully saturated rings. The molecule has 0 aliphatic rings. The number of rotatable bonds is 6. The van der Waals surface area contributed by atoms with Crippen molar-refractivity contribution >= 4 is 17.2 Å². The van der Waals surface area contributed by atoms with Gasteiger partial charge < -0.3 is 15.6 Å². The molecule has 8 heteroatoms. The Labute approximate surface area is 107 Å². The Morgan fingerprint density at radius 2 is 2.39 bits per heavy atom. The first-order valence-electron chi connectivity index (χ1n) is 5.47. The molecule has 0 saturated carbocycles. The highest BCUT2D eigenvalue weighted by Crippen LogP contribution is 2.09. The minimum Gasteiger partial charge on any atom is -0.350 e. The maximum Gasteiger partial charge on any atom is 0.270 e. The number of amides is 1. The van der Waals surface area contributed by atoms with E-state index in [0.717, 1.165) is 5.01 Å². The highest BCUT2D eigenvalue weighted by atomic mass is 32.1. The maximum atomic E-state index is 11.7. The fourth-order valence-electron chi connectivity index (χ4n) is 1.33. The van der Waals surface area contributed by atoms with E-state index in [-0.39, 0.29) is 5.91 Å². The van der Waals surface area contributed by atoms with Gasteiger partial charge >= 0.3 is 0 Å². The van der Waals surface area contributed by atoms with Crippen LogP contribution in [0.3, 0.4) is 0 Å². The number of aromatic nitrogens is 3. The van der Waals surface area contributed by atoms with Crippen molar-refractivity contribution in [3.63, 3.8) is 0 Å². The number of hydrogen-bond acceptors (Lipinski definition) is 7. The Morgan fingerprint density at radius 1 is 1.50 bits per heavy atom. The van der Waals surface area contributed by atoms with Crippen molar-refractivity contribution in [1.29, 1.82) is 0 Å². The molecule has 0 atom stereocenters. The molecule has 3 N–H and O–H groups in total. The molecular formula is C10H13N5O2S. The van der Waals surface area contributed by atoms with Crippen LogP contribution < -0.4 is 11.1 Å². The number of hydrogen-bond donors (Lipinski definition) is 2. The molecule has 2 rings (SSSR count). The summed E-state index contributed by atoms with van der Waals surface area (Å²) in [6.07, 6.45) is 2.49. The number of thiazole rings is 1. The molecule has 96 valence electrons. The van der Waals surface area contributed by atoms with E-state index in [1.807, 2.05) is 0 Å². The van der Waals surface area contributed by atoms with E-state index in [9.17, 15) is 4.79 Å². The van der Waals surface area contributed by atoms with Gasteiger partial charge in [0.1, 0.15) is 5.69 Å². The van der Waals surface area contributed by atoms with Crippen molar-refractivity contribution < 1.29 is 9.32 Å². The molecule has 0 bridgehead atoms. The Balaban J connectivity index is 1.80. The van der Waals surface area contributed by atoms with Crippen molar-refractivity contribution in [2.45, 2.75) is 12.8 Å². The molecule has 0 unspecified atom stereocenters. The van der Waals surface area contributed by atoms with Crippen molar-refractivity contribution in [2.24, 2.45) is 5.73 Å². The summed E-state index contributed by atoms with van der Waals surface area (Å²) in [5, 5.41) is 9.00. The predicted octanol–water partition coefficient (Wildman–Crippen LogP) is -0.000200. The van der Waals surface area contributed by atoms with E-state index in [1.54, 1.807) is 5.38 Å². The number of carbonyl (C=O) groups is 1. The van der Waals surface area contributed by atoms with Crippen LogP contribution in [0.15, 0.2) is 16.3 Å². The van der Waals surface area contributed by atoms with Gasteiger partial charge in [-0.15, -0.1) is 11.3 Å². The molecule has 2 aromatic heterocycles. The fourth-order valence-corrected chi connectivity index (χ4v) is 2.13. The number of nitrogens with two attached hydrogens (primary N) is 1. The molecule has 18 heavy (non-hydrogen) atoms. The Kier molecular flexibility index (Phi) is 4.37. The zero-order valence-corrected chi connectivity index (χ0v) is 10.4. The second kappa shape index (κ2) is 6.22. The number of nitrogens with zero attached hydrogens (tertiary/aromatic N) is 3. The highest BCUT2D eigenvalue weighted by Gasteiger charge is 2.10. The van der Waals surface area contributed by atoms with Crippen LogP contribution in [0, 0.1) is 0 Å². The van der Waals surface area contributed by atoms with Gasteiger partial charge in [0.15, 0.2) is 5.82 Å². The number of carbonyl (C=O) groups excluding carboxylic acids is 1. The first-order valence-corrected chi connectivity index (χ1v) is 6.35. The van der Waals surface area contributed by atoms with E-state index in [0.29, 0.717) is 37.4 Å². The van der Waals surface area contributed by atoms with Gasteiger partial charge in [-0.1, -0.05) is 5.16 Å². The van der Waals surface area contributed by atoms with Crippen molar-refractivity contribution in [2.75, 3.05) is 13.1 Å². The van der Waals surface area contributed by atoms with Crippen LogP contribution in [-0.4, -0.2) is 34.1 Å². The zero-order chi connectivity index (χ0) is 12.8. The van der Waals surface area contributed by atoms with Gasteiger partial charge in [-0.05, 0) is 6.54 Å². The molecule has 0 radical (unpaired) electrons. The Morgan fingerprint density at radius 3 is 3.11 bits per heavy atom. The maximum absolute atomic E-state index is 11.7. The summed E-state index contributed by atoms with van der Waals surface area (Å²) in [5.74, 6) is 0.371. The van der Waals surface area contributed by atoms with Crippen molar-refractivity contribution in [1.82, 2.24) is 20.4 Å². The average Bonchev–Trinajstić information content (AvgIpc) is 3.00. The molecular weight excluding hydrogens is 254 g/mol. The summed E-state index contributed by atoms with van der Waals surface area (Å²) < 4.78 is 4.59. The van der Waals surface area contributed by atoms with E-state index >= 15 is 0 Å². The second-order valence-electron chi connectivity index (χ2n) is 3.52. The minimum atomic E-state index is -0.196. The summed E-state index contributed by atoms with van der Waals surface area (Å²) in [6.45, 7) is 0.981. The third-order valence-corrected chi connectivity index (χ3v) is 3.09. The summed E-state index contributed by atoms with van der Waals surface area (Å²) >= 11 is 1.44. The van der Waals surface area contributed by atoms with Gasteiger partial charge in [-0.3, -0.25) is 4.79 Å². The lowest BCUT2D eigenvalue weighted by molar-refractivity contribution is 0.0949. The monoisotopic (exact) mass is 267 g/mol. The van der Waals surface area contributed by atoms with Crippen LogP contribution in [0.25, 0.3) is 0 Å². The summed E-state index contributed by atoms with van der Waals surface area (Å²) in [6, 6.07) is 0. The molecule has 0 saturated heterocycles. The van der Waals surface area contributed by atoms with Crippen LogP contribution in [0.5, 0.6) is 0 Å². The molecule has 2 heterocycles. The van der Waals surface area contributed by atoms with Crippen LogP contribution in [0.2, 0.25) is 0 Å². The quantitative estimate of drug-likeness (QED) is 0.763. The van der Waals surface area contributed by atoms with Gasteiger partial charge in [-0.2, -0.15) is 4.98 Å². The van der Waals surface area contributed by atoms with Gasteiger partial charge in [0.25, 0.3) is 5.91 Å². The van der Waals surface area contributed by atoms with Crippen LogP contribution in [-0.2, 0) is 12.8 Å². The molecule has 0 aromatic carbocycles. The molecule has 7 nitrogen and oxygen atoms in total. The summed E-state index contributed by atoms with van der Waals surface area (Å²) in [4.78, 5) is 19.8. The standard InChI is InChI=1S/C10H13N5O2S/c11-3-1-9-14-7(5-18-9)10(16)12-4-2-8-13-6-17-15-8/h5-6H,1-4,11H2,(H,12,16). The lowest BCUT2D eigenvalue weighted by Gasteiger charge is -1.99. The molecule has 0 aliphatic heterocycles. The van der Waals surface area contributed by atoms with E-state index < -0.39 is 0 Å². The van der Waals surface area contributed by atoms with E-state index in [1.165, 1.54) is 17.7 Å². The van der Waals surface area contributed by atoms with Crippen molar-refractivity contribution in [3.05, 3.63) is 28.3 Å². The largest absolute Gasteiger partial charge is 0.350 e. The Bertz CT molecular complexity index is 496. The first-order chi connectivity index (χ1) is 8.79. The highest BCUT2D eigenvalue weighted by molar-refractivity contribution is 7.09. The zero-order valence-electron chi connectivity index (χ0n) is 9.63. The third kappa shape index (κ3) is 3.34. The van der Waals surface area contributed by atoms with E-state index in [2.05, 4.69) is 25.0 Å². The van der Waals surface area contributed by atoms with Gasteiger partial charge in [0.2, 0.25) is 6.39 Å². The van der Waals surface area contributed by atoms with Gasteiger partial charge in [0, 0.05) is 24.8 Å². The minimum absolute atomic E-state index is 0.196.